The van der Waals surface area contributed by atoms with E-state index >= 15 is 0 Å². The lowest BCUT2D eigenvalue weighted by Gasteiger charge is -2.16. The minimum atomic E-state index is -5.31. The molecule has 6 nitrogen and oxygen atoms in total. The van der Waals surface area contributed by atoms with Crippen LogP contribution in [0.5, 0.6) is 0 Å². The van der Waals surface area contributed by atoms with Crippen LogP contribution in [0.4, 0.5) is 13.2 Å². The lowest BCUT2D eigenvalue weighted by atomic mass is 10.1. The Hall–Kier alpha value is -2.84. The lowest BCUT2D eigenvalue weighted by Crippen LogP contribution is -2.33. The van der Waals surface area contributed by atoms with Crippen LogP contribution >= 0.6 is 0 Å². The van der Waals surface area contributed by atoms with Crippen LogP contribution < -0.4 is 5.32 Å². The second-order valence-electron chi connectivity index (χ2n) is 4.76. The number of carbonyl (C=O) groups excluding carboxylic acids is 3. The Bertz CT molecular complexity index is 668. The van der Waals surface area contributed by atoms with Crippen LogP contribution in [-0.2, 0) is 30.4 Å². The van der Waals surface area contributed by atoms with Gasteiger partial charge >= 0.3 is 18.1 Å². The Kier molecular flexibility index (Phi) is 7.16. The molecule has 0 fully saturated rings. The van der Waals surface area contributed by atoms with Gasteiger partial charge in [-0.2, -0.15) is 13.2 Å². The van der Waals surface area contributed by atoms with Crippen molar-refractivity contribution in [2.45, 2.75) is 19.1 Å². The summed E-state index contributed by atoms with van der Waals surface area (Å²) in [7, 11) is 1.86. The second-order valence-corrected chi connectivity index (χ2v) is 4.76. The number of Topliss-reactive ketones (excluding diaryl/α,β-unsaturated/α-hetero) is 1. The third-order valence-electron chi connectivity index (χ3n) is 3.07. The molecule has 0 radical (unpaired) electrons. The Morgan fingerprint density at radius 1 is 1.04 bits per heavy atom. The van der Waals surface area contributed by atoms with Crippen molar-refractivity contribution in [3.63, 3.8) is 0 Å². The largest absolute Gasteiger partial charge is 0.469 e. The van der Waals surface area contributed by atoms with Gasteiger partial charge in [-0.05, 0) is 5.56 Å². The Morgan fingerprint density at radius 2 is 1.64 bits per heavy atom. The molecule has 0 bridgehead atoms. The summed E-state index contributed by atoms with van der Waals surface area (Å²) in [6, 6.07) is 8.48. The van der Waals surface area contributed by atoms with E-state index in [0.29, 0.717) is 5.56 Å². The van der Waals surface area contributed by atoms with Gasteiger partial charge < -0.3 is 14.8 Å². The monoisotopic (exact) mass is 359 g/mol. The minimum Gasteiger partial charge on any atom is -0.469 e. The van der Waals surface area contributed by atoms with E-state index in [1.807, 2.05) is 0 Å². The molecule has 0 saturated heterocycles. The van der Waals surface area contributed by atoms with Crippen LogP contribution in [0.2, 0.25) is 0 Å². The zero-order valence-corrected chi connectivity index (χ0v) is 13.5. The molecule has 0 unspecified atom stereocenters. The van der Waals surface area contributed by atoms with Gasteiger partial charge in [0.05, 0.1) is 20.6 Å². The molecule has 0 aliphatic carbocycles. The number of methoxy groups -OCH3 is 2. The molecule has 1 rings (SSSR count). The molecule has 0 heterocycles. The molecule has 9 heteroatoms. The quantitative estimate of drug-likeness (QED) is 0.347. The van der Waals surface area contributed by atoms with Gasteiger partial charge in [0.1, 0.15) is 5.57 Å². The molecule has 136 valence electrons. The van der Waals surface area contributed by atoms with Crippen molar-refractivity contribution in [2.75, 3.05) is 14.2 Å². The van der Waals surface area contributed by atoms with Crippen LogP contribution in [-0.4, -0.2) is 38.1 Å². The molecule has 0 amide bonds. The maximum Gasteiger partial charge on any atom is 0.455 e. The molecule has 1 aromatic carbocycles. The zero-order valence-electron chi connectivity index (χ0n) is 13.5. The maximum absolute atomic E-state index is 12.8. The average molecular weight is 359 g/mol. The second kappa shape index (κ2) is 8.86. The van der Waals surface area contributed by atoms with E-state index in [2.05, 4.69) is 14.8 Å². The molecule has 0 atom stereocenters. The summed E-state index contributed by atoms with van der Waals surface area (Å²) in [6.07, 6.45) is -6.03. The number of halogens is 3. The van der Waals surface area contributed by atoms with Crippen molar-refractivity contribution in [2.24, 2.45) is 0 Å². The standard InChI is InChI=1S/C16H16F3NO5/c1-24-12(21)8-11(20-9-10-6-4-3-5-7-10)13(15(23)25-2)14(22)16(17,18)19/h3-7,20H,8-9H2,1-2H3. The van der Waals surface area contributed by atoms with Crippen LogP contribution in [0.15, 0.2) is 41.6 Å². The van der Waals surface area contributed by atoms with E-state index < -0.39 is 41.6 Å². The van der Waals surface area contributed by atoms with E-state index in [1.165, 1.54) is 0 Å². The molecule has 0 aromatic heterocycles. The number of hydrogen-bond acceptors (Lipinski definition) is 6. The predicted octanol–water partition coefficient (Wildman–Crippen LogP) is 1.90. The Labute approximate surface area is 141 Å². The number of ether oxygens (including phenoxy) is 2. The summed E-state index contributed by atoms with van der Waals surface area (Å²) in [5, 5.41) is 2.53. The van der Waals surface area contributed by atoms with Crippen LogP contribution in [0, 0.1) is 0 Å². The third kappa shape index (κ3) is 5.94. The first-order valence-electron chi connectivity index (χ1n) is 6.98. The van der Waals surface area contributed by atoms with Gasteiger partial charge in [0.15, 0.2) is 0 Å². The fraction of sp³-hybridized carbons (Fsp3) is 0.312. The van der Waals surface area contributed by atoms with Gasteiger partial charge in [-0.15, -0.1) is 0 Å². The summed E-state index contributed by atoms with van der Waals surface area (Å²) in [6.45, 7) is -0.0151. The van der Waals surface area contributed by atoms with Gasteiger partial charge in [-0.1, -0.05) is 30.3 Å². The Balaban J connectivity index is 3.29. The highest BCUT2D eigenvalue weighted by molar-refractivity contribution is 6.20. The summed E-state index contributed by atoms with van der Waals surface area (Å²) in [5.74, 6) is -4.83. The highest BCUT2D eigenvalue weighted by Crippen LogP contribution is 2.24. The first-order valence-corrected chi connectivity index (χ1v) is 6.98. The van der Waals surface area contributed by atoms with E-state index in [1.54, 1.807) is 30.3 Å². The van der Waals surface area contributed by atoms with Crippen LogP contribution in [0.1, 0.15) is 12.0 Å². The number of carbonyl (C=O) groups is 3. The van der Waals surface area contributed by atoms with Gasteiger partial charge in [0.25, 0.3) is 5.78 Å². The number of hydrogen-bond donors (Lipinski definition) is 1. The number of esters is 2. The maximum atomic E-state index is 12.8. The first-order chi connectivity index (χ1) is 11.7. The summed E-state index contributed by atoms with van der Waals surface area (Å²) in [4.78, 5) is 34.8. The van der Waals surface area contributed by atoms with Crippen LogP contribution in [0.25, 0.3) is 0 Å². The zero-order chi connectivity index (χ0) is 19.0. The van der Waals surface area contributed by atoms with Crippen LogP contribution in [0.3, 0.4) is 0 Å². The normalized spacial score (nSPS) is 12.0. The average Bonchev–Trinajstić information content (AvgIpc) is 2.59. The highest BCUT2D eigenvalue weighted by Gasteiger charge is 2.45. The van der Waals surface area contributed by atoms with E-state index in [-0.39, 0.29) is 6.54 Å². The molecule has 0 spiro atoms. The lowest BCUT2D eigenvalue weighted by molar-refractivity contribution is -0.168. The SMILES string of the molecule is COC(=O)CC(NCc1ccccc1)=C(C(=O)OC)C(=O)C(F)(F)F. The van der Waals surface area contributed by atoms with E-state index in [4.69, 9.17) is 0 Å². The summed E-state index contributed by atoms with van der Waals surface area (Å²) < 4.78 is 47.1. The first kappa shape index (κ1) is 20.2. The molecule has 0 aliphatic heterocycles. The molecule has 0 saturated carbocycles. The number of alkyl halides is 3. The molecule has 25 heavy (non-hydrogen) atoms. The van der Waals surface area contributed by atoms with Gasteiger partial charge in [0, 0.05) is 12.2 Å². The molecular weight excluding hydrogens is 343 g/mol. The van der Waals surface area contributed by atoms with Crippen molar-refractivity contribution in [1.82, 2.24) is 5.32 Å². The predicted molar refractivity (Wildman–Crippen MR) is 80.0 cm³/mol. The fourth-order valence-corrected chi connectivity index (χ4v) is 1.86. The number of benzene rings is 1. The van der Waals surface area contributed by atoms with Crippen molar-refractivity contribution in [1.29, 1.82) is 0 Å². The molecule has 1 aromatic rings. The molecular formula is C16H16F3NO5. The van der Waals surface area contributed by atoms with Gasteiger partial charge in [-0.25, -0.2) is 4.79 Å². The number of nitrogens with one attached hydrogen (secondary N) is 1. The number of ketones is 1. The summed E-state index contributed by atoms with van der Waals surface area (Å²) in [5.41, 5.74) is -1.14. The van der Waals surface area contributed by atoms with E-state index in [0.717, 1.165) is 14.2 Å². The Morgan fingerprint density at radius 3 is 2.12 bits per heavy atom. The van der Waals surface area contributed by atoms with Crippen molar-refractivity contribution in [3.05, 3.63) is 47.2 Å². The molecule has 0 aliphatic rings. The van der Waals surface area contributed by atoms with Crippen molar-refractivity contribution >= 4 is 17.7 Å². The molecule has 1 N–H and O–H groups in total. The number of rotatable bonds is 7. The van der Waals surface area contributed by atoms with E-state index in [9.17, 15) is 27.6 Å². The third-order valence-corrected chi connectivity index (χ3v) is 3.07. The smallest absolute Gasteiger partial charge is 0.455 e. The topological polar surface area (TPSA) is 81.7 Å². The fourth-order valence-electron chi connectivity index (χ4n) is 1.86. The van der Waals surface area contributed by atoms with Crippen molar-refractivity contribution < 1.29 is 37.0 Å². The minimum absolute atomic E-state index is 0.0151. The highest BCUT2D eigenvalue weighted by atomic mass is 19.4. The summed E-state index contributed by atoms with van der Waals surface area (Å²) >= 11 is 0. The van der Waals surface area contributed by atoms with Gasteiger partial charge in [-0.3, -0.25) is 9.59 Å². The van der Waals surface area contributed by atoms with Crippen molar-refractivity contribution in [3.8, 4) is 0 Å². The van der Waals surface area contributed by atoms with Gasteiger partial charge in [0.2, 0.25) is 0 Å².